The van der Waals surface area contributed by atoms with Gasteiger partial charge in [0.2, 0.25) is 5.95 Å². The van der Waals surface area contributed by atoms with E-state index in [9.17, 15) is 13.2 Å². The van der Waals surface area contributed by atoms with Gasteiger partial charge in [-0.05, 0) is 18.2 Å². The van der Waals surface area contributed by atoms with Crippen molar-refractivity contribution in [1.82, 2.24) is 15.0 Å². The van der Waals surface area contributed by atoms with E-state index in [1.165, 1.54) is 6.20 Å². The molecule has 0 aliphatic carbocycles. The second-order valence-electron chi connectivity index (χ2n) is 5.23. The maximum absolute atomic E-state index is 12.7. The third kappa shape index (κ3) is 3.37. The minimum absolute atomic E-state index is 0.0808. The van der Waals surface area contributed by atoms with Crippen LogP contribution in [0, 0.1) is 11.3 Å². The molecule has 9 heteroatoms. The van der Waals surface area contributed by atoms with E-state index < -0.39 is 11.9 Å². The molecule has 6 nitrogen and oxygen atoms in total. The first-order valence-corrected chi connectivity index (χ1v) is 7.23. The molecule has 24 heavy (non-hydrogen) atoms. The maximum Gasteiger partial charge on any atom is 0.433 e. The fraction of sp³-hybridized carbons (Fsp3) is 0.333. The second-order valence-corrected chi connectivity index (χ2v) is 5.23. The molecule has 3 heterocycles. The molecule has 0 radical (unpaired) electrons. The van der Waals surface area contributed by atoms with Gasteiger partial charge in [-0.1, -0.05) is 0 Å². The SMILES string of the molecule is N#Cc1ccc(N2CCN(c3nccc(C(F)(F)F)n3)CC2)nc1. The van der Waals surface area contributed by atoms with Crippen molar-refractivity contribution in [2.24, 2.45) is 0 Å². The van der Waals surface area contributed by atoms with Crippen LogP contribution in [0.3, 0.4) is 0 Å². The second kappa shape index (κ2) is 6.31. The number of pyridine rings is 1. The number of anilines is 2. The van der Waals surface area contributed by atoms with Crippen molar-refractivity contribution >= 4 is 11.8 Å². The lowest BCUT2D eigenvalue weighted by molar-refractivity contribution is -0.141. The molecular formula is C15H13F3N6. The Balaban J connectivity index is 1.68. The van der Waals surface area contributed by atoms with Gasteiger partial charge in [0.1, 0.15) is 17.6 Å². The molecule has 3 rings (SSSR count). The van der Waals surface area contributed by atoms with Crippen molar-refractivity contribution in [3.63, 3.8) is 0 Å². The lowest BCUT2D eigenvalue weighted by atomic mass is 10.2. The van der Waals surface area contributed by atoms with Crippen molar-refractivity contribution in [1.29, 1.82) is 5.26 Å². The smallest absolute Gasteiger partial charge is 0.353 e. The summed E-state index contributed by atoms with van der Waals surface area (Å²) in [5.41, 5.74) is -0.460. The molecule has 0 bridgehead atoms. The first-order valence-electron chi connectivity index (χ1n) is 7.23. The number of nitrogens with zero attached hydrogens (tertiary/aromatic N) is 6. The fourth-order valence-electron chi connectivity index (χ4n) is 2.43. The van der Waals surface area contributed by atoms with E-state index in [1.54, 1.807) is 17.0 Å². The molecule has 0 aromatic carbocycles. The molecule has 0 spiro atoms. The van der Waals surface area contributed by atoms with E-state index in [0.29, 0.717) is 31.7 Å². The number of hydrogen-bond acceptors (Lipinski definition) is 6. The van der Waals surface area contributed by atoms with Crippen LogP contribution in [0.25, 0.3) is 0 Å². The summed E-state index contributed by atoms with van der Waals surface area (Å²) in [6.45, 7) is 2.14. The first-order chi connectivity index (χ1) is 11.5. The summed E-state index contributed by atoms with van der Waals surface area (Å²) in [6.07, 6.45) is -1.86. The molecule has 1 aliphatic heterocycles. The number of hydrogen-bond donors (Lipinski definition) is 0. The molecule has 0 N–H and O–H groups in total. The zero-order valence-electron chi connectivity index (χ0n) is 12.5. The van der Waals surface area contributed by atoms with Gasteiger partial charge in [0.05, 0.1) is 5.56 Å². The Morgan fingerprint density at radius 1 is 1.00 bits per heavy atom. The molecular weight excluding hydrogens is 321 g/mol. The van der Waals surface area contributed by atoms with Gasteiger partial charge in [-0.3, -0.25) is 0 Å². The van der Waals surface area contributed by atoms with Gasteiger partial charge < -0.3 is 9.80 Å². The molecule has 0 atom stereocenters. The van der Waals surface area contributed by atoms with Crippen molar-refractivity contribution in [3.05, 3.63) is 41.9 Å². The highest BCUT2D eigenvalue weighted by atomic mass is 19.4. The van der Waals surface area contributed by atoms with Gasteiger partial charge in [-0.2, -0.15) is 18.4 Å². The van der Waals surface area contributed by atoms with Gasteiger partial charge in [0, 0.05) is 38.6 Å². The summed E-state index contributed by atoms with van der Waals surface area (Å²) >= 11 is 0. The molecule has 2 aromatic rings. The van der Waals surface area contributed by atoms with Crippen LogP contribution in [-0.2, 0) is 6.18 Å². The van der Waals surface area contributed by atoms with Crippen molar-refractivity contribution in [2.75, 3.05) is 36.0 Å². The third-order valence-electron chi connectivity index (χ3n) is 3.70. The summed E-state index contributed by atoms with van der Waals surface area (Å²) in [5, 5.41) is 8.77. The molecule has 1 saturated heterocycles. The molecule has 1 fully saturated rings. The van der Waals surface area contributed by atoms with Crippen LogP contribution in [-0.4, -0.2) is 41.1 Å². The van der Waals surface area contributed by atoms with E-state index in [2.05, 4.69) is 15.0 Å². The van der Waals surface area contributed by atoms with Gasteiger partial charge in [0.25, 0.3) is 0 Å². The molecule has 0 saturated carbocycles. The van der Waals surface area contributed by atoms with Crippen molar-refractivity contribution in [3.8, 4) is 6.07 Å². The van der Waals surface area contributed by atoms with E-state index >= 15 is 0 Å². The topological polar surface area (TPSA) is 68.9 Å². The Hall–Kier alpha value is -2.89. The Morgan fingerprint density at radius 3 is 2.29 bits per heavy atom. The van der Waals surface area contributed by atoms with E-state index in [0.717, 1.165) is 18.1 Å². The summed E-state index contributed by atoms with van der Waals surface area (Å²) < 4.78 is 38.2. The monoisotopic (exact) mass is 334 g/mol. The first kappa shape index (κ1) is 16.0. The lowest BCUT2D eigenvalue weighted by Gasteiger charge is -2.35. The number of halogens is 3. The minimum Gasteiger partial charge on any atom is -0.353 e. The third-order valence-corrected chi connectivity index (χ3v) is 3.70. The zero-order valence-corrected chi connectivity index (χ0v) is 12.5. The average molecular weight is 334 g/mol. The molecule has 0 amide bonds. The predicted octanol–water partition coefficient (Wildman–Crippen LogP) is 2.09. The lowest BCUT2D eigenvalue weighted by Crippen LogP contribution is -2.47. The van der Waals surface area contributed by atoms with E-state index in [4.69, 9.17) is 5.26 Å². The normalized spacial score (nSPS) is 15.2. The number of alkyl halides is 3. The van der Waals surface area contributed by atoms with Gasteiger partial charge in [-0.25, -0.2) is 15.0 Å². The zero-order chi connectivity index (χ0) is 17.2. The fourth-order valence-corrected chi connectivity index (χ4v) is 2.43. The summed E-state index contributed by atoms with van der Waals surface area (Å²) in [7, 11) is 0. The van der Waals surface area contributed by atoms with Crippen LogP contribution in [0.5, 0.6) is 0 Å². The van der Waals surface area contributed by atoms with Gasteiger partial charge >= 0.3 is 6.18 Å². The minimum atomic E-state index is -4.48. The van der Waals surface area contributed by atoms with Crippen LogP contribution in [0.2, 0.25) is 0 Å². The molecule has 124 valence electrons. The number of rotatable bonds is 2. The van der Waals surface area contributed by atoms with E-state index in [-0.39, 0.29) is 5.95 Å². The number of nitriles is 1. The summed E-state index contributed by atoms with van der Waals surface area (Å²) in [6, 6.07) is 6.31. The maximum atomic E-state index is 12.7. The average Bonchev–Trinajstić information content (AvgIpc) is 2.61. The van der Waals surface area contributed by atoms with Crippen LogP contribution in [0.15, 0.2) is 30.6 Å². The molecule has 1 aliphatic rings. The van der Waals surface area contributed by atoms with Crippen LogP contribution >= 0.6 is 0 Å². The van der Waals surface area contributed by atoms with Crippen molar-refractivity contribution < 1.29 is 13.2 Å². The number of piperazine rings is 1. The van der Waals surface area contributed by atoms with Crippen LogP contribution in [0.4, 0.5) is 24.9 Å². The van der Waals surface area contributed by atoms with Crippen LogP contribution in [0.1, 0.15) is 11.3 Å². The highest BCUT2D eigenvalue weighted by Crippen LogP contribution is 2.28. The van der Waals surface area contributed by atoms with Crippen LogP contribution < -0.4 is 9.80 Å². The Bertz CT molecular complexity index is 745. The van der Waals surface area contributed by atoms with Gasteiger partial charge in [0.15, 0.2) is 0 Å². The number of aromatic nitrogens is 3. The quantitative estimate of drug-likeness (QED) is 0.838. The van der Waals surface area contributed by atoms with E-state index in [1.807, 2.05) is 11.0 Å². The highest BCUT2D eigenvalue weighted by molar-refractivity contribution is 5.44. The predicted molar refractivity (Wildman–Crippen MR) is 80.4 cm³/mol. The Morgan fingerprint density at radius 2 is 1.71 bits per heavy atom. The summed E-state index contributed by atoms with van der Waals surface area (Å²) in [5.74, 6) is 0.816. The Kier molecular flexibility index (Phi) is 4.20. The van der Waals surface area contributed by atoms with Gasteiger partial charge in [-0.15, -0.1) is 0 Å². The van der Waals surface area contributed by atoms with Crippen molar-refractivity contribution in [2.45, 2.75) is 6.18 Å². The summed E-state index contributed by atoms with van der Waals surface area (Å²) in [4.78, 5) is 15.5. The molecule has 2 aromatic heterocycles. The largest absolute Gasteiger partial charge is 0.433 e. The molecule has 0 unspecified atom stereocenters. The standard InChI is InChI=1S/C15H13F3N6/c16-15(17,18)12-3-4-20-14(22-12)24-7-5-23(6-8-24)13-2-1-11(9-19)10-21-13/h1-4,10H,5-8H2. The Labute approximate surface area is 136 Å². The highest BCUT2D eigenvalue weighted by Gasteiger charge is 2.33.